The van der Waals surface area contributed by atoms with Gasteiger partial charge in [0.2, 0.25) is 11.9 Å². The zero-order valence-corrected chi connectivity index (χ0v) is 20.0. The summed E-state index contributed by atoms with van der Waals surface area (Å²) in [7, 11) is 3.96. The summed E-state index contributed by atoms with van der Waals surface area (Å²) in [5.41, 5.74) is 1.31. The van der Waals surface area contributed by atoms with E-state index in [0.717, 1.165) is 42.4 Å². The molecule has 0 atom stereocenters. The molecule has 0 bridgehead atoms. The minimum absolute atomic E-state index is 0.0181. The highest BCUT2D eigenvalue weighted by atomic mass is 16.6. The summed E-state index contributed by atoms with van der Waals surface area (Å²) < 4.78 is 0. The van der Waals surface area contributed by atoms with Gasteiger partial charge in [-0.1, -0.05) is 24.3 Å². The largest absolute Gasteiger partial charge is 0.362 e. The third-order valence-electron chi connectivity index (χ3n) is 6.30. The molecular formula is C26H30N6O3. The van der Waals surface area contributed by atoms with Gasteiger partial charge in [-0.15, -0.1) is 0 Å². The van der Waals surface area contributed by atoms with Crippen molar-refractivity contribution in [3.05, 3.63) is 70.3 Å². The second-order valence-corrected chi connectivity index (χ2v) is 9.04. The number of hydrogen-bond donors (Lipinski definition) is 2. The molecule has 1 heterocycles. The van der Waals surface area contributed by atoms with Crippen LogP contribution in [0.15, 0.2) is 54.6 Å². The lowest BCUT2D eigenvalue weighted by Gasteiger charge is -2.29. The summed E-state index contributed by atoms with van der Waals surface area (Å²) in [4.78, 5) is 34.3. The molecule has 1 amide bonds. The number of aromatic nitrogens is 2. The quantitative estimate of drug-likeness (QED) is 0.282. The molecule has 0 aliphatic heterocycles. The number of amides is 1. The summed E-state index contributed by atoms with van der Waals surface area (Å²) in [5.74, 6) is 1.68. The number of benzene rings is 2. The van der Waals surface area contributed by atoms with Crippen molar-refractivity contribution in [1.82, 2.24) is 15.3 Å². The highest BCUT2D eigenvalue weighted by Gasteiger charge is 2.22. The number of anilines is 2. The lowest BCUT2D eigenvalue weighted by Crippen LogP contribution is -2.33. The number of carbonyl (C=O) groups excluding carboxylic acids is 1. The molecule has 1 saturated carbocycles. The van der Waals surface area contributed by atoms with Crippen LogP contribution in [-0.2, 0) is 4.79 Å². The Hall–Kier alpha value is -4.01. The number of carbonyl (C=O) groups is 1. The Kier molecular flexibility index (Phi) is 7.54. The minimum atomic E-state index is -0.450. The number of rotatable bonds is 8. The average Bonchev–Trinajstić information content (AvgIpc) is 2.86. The van der Waals surface area contributed by atoms with Crippen molar-refractivity contribution in [2.75, 3.05) is 30.9 Å². The van der Waals surface area contributed by atoms with Crippen molar-refractivity contribution in [2.45, 2.75) is 31.7 Å². The second kappa shape index (κ2) is 10.9. The predicted molar refractivity (Wildman–Crippen MR) is 138 cm³/mol. The van der Waals surface area contributed by atoms with E-state index in [9.17, 15) is 14.9 Å². The second-order valence-electron chi connectivity index (χ2n) is 9.04. The molecule has 1 fully saturated rings. The van der Waals surface area contributed by atoms with E-state index in [2.05, 4.69) is 10.6 Å². The maximum atomic E-state index is 12.2. The van der Waals surface area contributed by atoms with Crippen molar-refractivity contribution in [3.63, 3.8) is 0 Å². The van der Waals surface area contributed by atoms with Crippen LogP contribution in [0.5, 0.6) is 0 Å². The molecule has 4 rings (SSSR count). The van der Waals surface area contributed by atoms with Gasteiger partial charge in [-0.25, -0.2) is 4.98 Å². The first kappa shape index (κ1) is 24.1. The first-order valence-electron chi connectivity index (χ1n) is 11.8. The highest BCUT2D eigenvalue weighted by Crippen LogP contribution is 2.28. The topological polar surface area (TPSA) is 113 Å². The maximum absolute atomic E-state index is 12.2. The first-order valence-corrected chi connectivity index (χ1v) is 11.8. The molecule has 182 valence electrons. The van der Waals surface area contributed by atoms with Crippen LogP contribution in [-0.4, -0.2) is 47.5 Å². The van der Waals surface area contributed by atoms with E-state index in [1.54, 1.807) is 18.2 Å². The number of hydrogen-bond acceptors (Lipinski definition) is 7. The van der Waals surface area contributed by atoms with Crippen LogP contribution >= 0.6 is 0 Å². The molecule has 3 aromatic rings. The van der Waals surface area contributed by atoms with E-state index in [4.69, 9.17) is 9.97 Å². The van der Waals surface area contributed by atoms with Crippen LogP contribution in [0, 0.1) is 16.0 Å². The van der Waals surface area contributed by atoms with Gasteiger partial charge >= 0.3 is 0 Å². The van der Waals surface area contributed by atoms with Crippen LogP contribution in [0.4, 0.5) is 17.5 Å². The Morgan fingerprint density at radius 1 is 1.09 bits per heavy atom. The van der Waals surface area contributed by atoms with Crippen LogP contribution in [0.3, 0.4) is 0 Å². The Morgan fingerprint density at radius 3 is 2.54 bits per heavy atom. The lowest BCUT2D eigenvalue weighted by molar-refractivity contribution is -0.385. The molecule has 2 aromatic carbocycles. The molecule has 0 spiro atoms. The molecular weight excluding hydrogens is 444 g/mol. The van der Waals surface area contributed by atoms with Gasteiger partial charge in [0.25, 0.3) is 5.69 Å². The molecule has 2 N–H and O–H groups in total. The van der Waals surface area contributed by atoms with E-state index < -0.39 is 4.92 Å². The number of fused-ring (bicyclic) bond motifs is 1. The third kappa shape index (κ3) is 6.11. The van der Waals surface area contributed by atoms with Gasteiger partial charge in [0.05, 0.1) is 16.0 Å². The predicted octanol–water partition coefficient (Wildman–Crippen LogP) is 4.40. The molecule has 1 aliphatic carbocycles. The Balaban J connectivity index is 1.27. The molecule has 0 saturated heterocycles. The Bertz CT molecular complexity index is 1230. The molecule has 9 heteroatoms. The van der Waals surface area contributed by atoms with Crippen molar-refractivity contribution in [2.24, 2.45) is 5.92 Å². The standard InChI is InChI=1S/C26H30N6O3/c1-31(2)25-21-8-4-5-9-22(21)29-26(30-25)28-20-14-11-18(12-15-20)17-27-24(33)16-13-19-7-3-6-10-23(19)32(34)35/h3-10,13,16,18,20H,11-12,14-15,17H2,1-2H3,(H,27,33)(H,28,29,30)/b16-13+/t18-,20+. The van der Waals surface area contributed by atoms with Crippen molar-refractivity contribution in [1.29, 1.82) is 0 Å². The normalized spacial score (nSPS) is 17.9. The number of nitrogens with zero attached hydrogens (tertiary/aromatic N) is 4. The van der Waals surface area contributed by atoms with Gasteiger partial charge in [-0.3, -0.25) is 14.9 Å². The minimum Gasteiger partial charge on any atom is -0.362 e. The molecule has 35 heavy (non-hydrogen) atoms. The maximum Gasteiger partial charge on any atom is 0.276 e. The van der Waals surface area contributed by atoms with E-state index in [-0.39, 0.29) is 17.6 Å². The van der Waals surface area contributed by atoms with Crippen LogP contribution in [0.1, 0.15) is 31.2 Å². The molecule has 0 radical (unpaired) electrons. The average molecular weight is 475 g/mol. The molecule has 1 aromatic heterocycles. The fourth-order valence-electron chi connectivity index (χ4n) is 4.42. The summed E-state index contributed by atoms with van der Waals surface area (Å²) >= 11 is 0. The molecule has 1 aliphatic rings. The number of nitro groups is 1. The fraction of sp³-hybridized carbons (Fsp3) is 0.346. The van der Waals surface area contributed by atoms with Crippen molar-refractivity contribution < 1.29 is 9.72 Å². The van der Waals surface area contributed by atoms with E-state index in [0.29, 0.717) is 24.0 Å². The zero-order chi connectivity index (χ0) is 24.8. The van der Waals surface area contributed by atoms with Gasteiger partial charge in [0.1, 0.15) is 5.82 Å². The van der Waals surface area contributed by atoms with Gasteiger partial charge in [0, 0.05) is 44.2 Å². The molecule has 9 nitrogen and oxygen atoms in total. The highest BCUT2D eigenvalue weighted by molar-refractivity contribution is 5.92. The monoisotopic (exact) mass is 474 g/mol. The third-order valence-corrected chi connectivity index (χ3v) is 6.30. The summed E-state index contributed by atoms with van der Waals surface area (Å²) in [6, 6.07) is 14.7. The van der Waals surface area contributed by atoms with E-state index >= 15 is 0 Å². The van der Waals surface area contributed by atoms with E-state index in [1.165, 1.54) is 18.2 Å². The zero-order valence-electron chi connectivity index (χ0n) is 20.0. The smallest absolute Gasteiger partial charge is 0.276 e. The molecule has 0 unspecified atom stereocenters. The van der Waals surface area contributed by atoms with Gasteiger partial charge in [-0.05, 0) is 55.9 Å². The van der Waals surface area contributed by atoms with Crippen LogP contribution in [0.25, 0.3) is 17.0 Å². The Morgan fingerprint density at radius 2 is 1.80 bits per heavy atom. The van der Waals surface area contributed by atoms with E-state index in [1.807, 2.05) is 43.3 Å². The number of nitro benzene ring substituents is 1. The summed E-state index contributed by atoms with van der Waals surface area (Å²) in [6.45, 7) is 0.587. The van der Waals surface area contributed by atoms with Crippen molar-refractivity contribution in [3.8, 4) is 0 Å². The number of para-hydroxylation sites is 2. The lowest BCUT2D eigenvalue weighted by atomic mass is 9.86. The van der Waals surface area contributed by atoms with Crippen LogP contribution in [0.2, 0.25) is 0 Å². The van der Waals surface area contributed by atoms with Crippen molar-refractivity contribution >= 4 is 40.3 Å². The Labute approximate surface area is 204 Å². The fourth-order valence-corrected chi connectivity index (χ4v) is 4.42. The van der Waals surface area contributed by atoms with Crippen LogP contribution < -0.4 is 15.5 Å². The SMILES string of the molecule is CN(C)c1nc(N[C@H]2CC[C@@H](CNC(=O)/C=C/c3ccccc3[N+](=O)[O-])CC2)nc2ccccc12. The number of nitrogens with one attached hydrogen (secondary N) is 2. The summed E-state index contributed by atoms with van der Waals surface area (Å²) in [6.07, 6.45) is 6.76. The summed E-state index contributed by atoms with van der Waals surface area (Å²) in [5, 5.41) is 18.6. The van der Waals surface area contributed by atoms with Gasteiger partial charge < -0.3 is 15.5 Å². The van der Waals surface area contributed by atoms with Gasteiger partial charge in [0.15, 0.2) is 0 Å². The van der Waals surface area contributed by atoms with Gasteiger partial charge in [-0.2, -0.15) is 4.98 Å². The first-order chi connectivity index (χ1) is 16.9.